The van der Waals surface area contributed by atoms with E-state index < -0.39 is 23.6 Å². The molecule has 0 radical (unpaired) electrons. The molecule has 2 aromatic rings. The van der Waals surface area contributed by atoms with Crippen LogP contribution >= 0.6 is 0 Å². The van der Waals surface area contributed by atoms with Crippen LogP contribution in [0.25, 0.3) is 11.1 Å². The van der Waals surface area contributed by atoms with Crippen molar-refractivity contribution in [1.82, 2.24) is 15.5 Å². The lowest BCUT2D eigenvalue weighted by Crippen LogP contribution is -2.55. The second-order valence-corrected chi connectivity index (χ2v) is 11.1. The monoisotopic (exact) mass is 512 g/mol. The Morgan fingerprint density at radius 3 is 2.42 bits per heavy atom. The van der Waals surface area contributed by atoms with E-state index in [0.717, 1.165) is 36.8 Å². The maximum atomic E-state index is 14.3. The number of aliphatic hydroxyl groups is 1. The second-order valence-electron chi connectivity index (χ2n) is 11.1. The normalized spacial score (nSPS) is 27.5. The molecule has 3 fully saturated rings. The topological polar surface area (TPSA) is 123 Å². The molecule has 4 aliphatic rings. The van der Waals surface area contributed by atoms with Crippen LogP contribution in [0.4, 0.5) is 0 Å². The van der Waals surface area contributed by atoms with Gasteiger partial charge in [0.05, 0.1) is 6.07 Å². The maximum Gasteiger partial charge on any atom is 0.264 e. The van der Waals surface area contributed by atoms with Crippen LogP contribution in [-0.4, -0.2) is 52.9 Å². The third-order valence-electron chi connectivity index (χ3n) is 9.05. The number of fused-ring (bicyclic) bond motifs is 4. The smallest absolute Gasteiger partial charge is 0.264 e. The Morgan fingerprint density at radius 1 is 1.08 bits per heavy atom. The molecule has 5 atom stereocenters. The third kappa shape index (κ3) is 3.80. The fourth-order valence-corrected chi connectivity index (χ4v) is 7.25. The lowest BCUT2D eigenvalue weighted by molar-refractivity contribution is -0.152. The number of nitrogens with one attached hydrogen (secondary N) is 2. The number of likely N-dealkylation sites (tertiary alicyclic amines) is 1. The van der Waals surface area contributed by atoms with Gasteiger partial charge in [-0.15, -0.1) is 0 Å². The van der Waals surface area contributed by atoms with Crippen LogP contribution < -0.4 is 10.6 Å². The van der Waals surface area contributed by atoms with Crippen LogP contribution in [0.2, 0.25) is 0 Å². The van der Waals surface area contributed by atoms with Gasteiger partial charge in [-0.1, -0.05) is 55.0 Å². The highest BCUT2D eigenvalue weighted by Crippen LogP contribution is 2.50. The standard InChI is InChI=1S/C30H32N4O4/c31-16-20(15-18-8-6-14-32-27(18)35)33-28(36)26-21-11-5-7-19(21)17-34(26)29(37)30(38)24-12-3-1-9-22(24)23-10-2-4-13-25(23)30/h1-4,9-10,12-13,18-21,26,38H,5-8,11,14-15,17H2,(H,32,35)(H,33,36)/t18-,19+,20+,21+,26-/m0/s1. The summed E-state index contributed by atoms with van der Waals surface area (Å²) in [6.07, 6.45) is 4.51. The van der Waals surface area contributed by atoms with Gasteiger partial charge in [0, 0.05) is 30.1 Å². The Bertz CT molecular complexity index is 1290. The quantitative estimate of drug-likeness (QED) is 0.568. The molecule has 8 nitrogen and oxygen atoms in total. The average molecular weight is 513 g/mol. The Balaban J connectivity index is 1.30. The van der Waals surface area contributed by atoms with Crippen molar-refractivity contribution < 1.29 is 19.5 Å². The van der Waals surface area contributed by atoms with Gasteiger partial charge in [0.1, 0.15) is 12.1 Å². The van der Waals surface area contributed by atoms with Crippen LogP contribution in [-0.2, 0) is 20.0 Å². The van der Waals surface area contributed by atoms with Gasteiger partial charge in [0.2, 0.25) is 11.8 Å². The number of nitrogens with zero attached hydrogens (tertiary/aromatic N) is 2. The largest absolute Gasteiger partial charge is 0.372 e. The summed E-state index contributed by atoms with van der Waals surface area (Å²) in [6, 6.07) is 15.3. The zero-order valence-electron chi connectivity index (χ0n) is 21.2. The first-order chi connectivity index (χ1) is 18.4. The van der Waals surface area contributed by atoms with Gasteiger partial charge in [-0.25, -0.2) is 0 Å². The van der Waals surface area contributed by atoms with Gasteiger partial charge in [-0.05, 0) is 55.1 Å². The molecule has 1 saturated carbocycles. The molecule has 38 heavy (non-hydrogen) atoms. The van der Waals surface area contributed by atoms with E-state index in [0.29, 0.717) is 30.6 Å². The summed E-state index contributed by atoms with van der Waals surface area (Å²) in [6.45, 7) is 1.03. The van der Waals surface area contributed by atoms with Crippen molar-refractivity contribution in [3.05, 3.63) is 59.7 Å². The molecule has 0 aromatic heterocycles. The predicted octanol–water partition coefficient (Wildman–Crippen LogP) is 2.45. The minimum absolute atomic E-state index is 0.0215. The molecule has 2 heterocycles. The van der Waals surface area contributed by atoms with Crippen molar-refractivity contribution in [2.24, 2.45) is 17.8 Å². The summed E-state index contributed by atoms with van der Waals surface area (Å²) in [7, 11) is 0. The summed E-state index contributed by atoms with van der Waals surface area (Å²) < 4.78 is 0. The third-order valence-corrected chi connectivity index (χ3v) is 9.05. The number of carbonyl (C=O) groups is 3. The summed E-state index contributed by atoms with van der Waals surface area (Å²) >= 11 is 0. The van der Waals surface area contributed by atoms with Crippen molar-refractivity contribution >= 4 is 17.7 Å². The zero-order chi connectivity index (χ0) is 26.4. The number of rotatable bonds is 5. The Kier molecular flexibility index (Phi) is 6.19. The summed E-state index contributed by atoms with van der Waals surface area (Å²) in [5, 5.41) is 27.6. The SMILES string of the molecule is N#C[C@@H](C[C@@H]1CCCNC1=O)NC(=O)[C@@H]1[C@@H]2CCC[C@@H]2CN1C(=O)C1(O)c2ccccc2-c2ccccc21. The van der Waals surface area contributed by atoms with Crippen molar-refractivity contribution in [3.8, 4) is 17.2 Å². The molecule has 2 aliphatic heterocycles. The first-order valence-electron chi connectivity index (χ1n) is 13.6. The van der Waals surface area contributed by atoms with Crippen molar-refractivity contribution in [2.45, 2.75) is 56.2 Å². The number of carbonyl (C=O) groups excluding carboxylic acids is 3. The highest BCUT2D eigenvalue weighted by Gasteiger charge is 2.56. The van der Waals surface area contributed by atoms with E-state index in [1.807, 2.05) is 36.4 Å². The summed E-state index contributed by atoms with van der Waals surface area (Å²) in [4.78, 5) is 41.9. The number of hydrogen-bond acceptors (Lipinski definition) is 5. The lowest BCUT2D eigenvalue weighted by atomic mass is 9.88. The van der Waals surface area contributed by atoms with Crippen LogP contribution in [0.1, 0.15) is 49.7 Å². The predicted molar refractivity (Wildman–Crippen MR) is 139 cm³/mol. The first kappa shape index (κ1) is 24.6. The number of piperidine rings is 1. The molecule has 0 unspecified atom stereocenters. The van der Waals surface area contributed by atoms with Crippen LogP contribution in [0.15, 0.2) is 48.5 Å². The maximum absolute atomic E-state index is 14.3. The van der Waals surface area contributed by atoms with E-state index in [2.05, 4.69) is 16.7 Å². The van der Waals surface area contributed by atoms with Crippen molar-refractivity contribution in [2.75, 3.05) is 13.1 Å². The molecule has 196 valence electrons. The summed E-state index contributed by atoms with van der Waals surface area (Å²) in [5.74, 6) is -1.12. The molecule has 2 aliphatic carbocycles. The lowest BCUT2D eigenvalue weighted by Gasteiger charge is -2.34. The summed E-state index contributed by atoms with van der Waals surface area (Å²) in [5.41, 5.74) is 0.796. The Hall–Kier alpha value is -3.70. The molecule has 6 rings (SSSR count). The van der Waals surface area contributed by atoms with Crippen molar-refractivity contribution in [3.63, 3.8) is 0 Å². The zero-order valence-corrected chi connectivity index (χ0v) is 21.2. The average Bonchev–Trinajstić information content (AvgIpc) is 3.61. The molecule has 3 N–H and O–H groups in total. The highest BCUT2D eigenvalue weighted by molar-refractivity contribution is 6.01. The number of benzene rings is 2. The van der Waals surface area contributed by atoms with Gasteiger partial charge in [0.25, 0.3) is 5.91 Å². The number of hydrogen-bond donors (Lipinski definition) is 3. The molecule has 8 heteroatoms. The molecule has 0 spiro atoms. The van der Waals surface area contributed by atoms with Crippen LogP contribution in [0.5, 0.6) is 0 Å². The van der Waals surface area contributed by atoms with Crippen LogP contribution in [0.3, 0.4) is 0 Å². The molecule has 2 aromatic carbocycles. The fourth-order valence-electron chi connectivity index (χ4n) is 7.25. The van der Waals surface area contributed by atoms with E-state index >= 15 is 0 Å². The fraction of sp³-hybridized carbons (Fsp3) is 0.467. The van der Waals surface area contributed by atoms with E-state index in [4.69, 9.17) is 0 Å². The van der Waals surface area contributed by atoms with E-state index in [1.54, 1.807) is 17.0 Å². The molecule has 0 bridgehead atoms. The first-order valence-corrected chi connectivity index (χ1v) is 13.6. The van der Waals surface area contributed by atoms with E-state index in [-0.39, 0.29) is 36.0 Å². The van der Waals surface area contributed by atoms with Gasteiger partial charge in [-0.2, -0.15) is 5.26 Å². The van der Waals surface area contributed by atoms with Crippen molar-refractivity contribution in [1.29, 1.82) is 5.26 Å². The molecule has 3 amide bonds. The van der Waals surface area contributed by atoms with E-state index in [1.165, 1.54) is 0 Å². The van der Waals surface area contributed by atoms with E-state index in [9.17, 15) is 24.8 Å². The number of amides is 3. The molecule has 2 saturated heterocycles. The van der Waals surface area contributed by atoms with Gasteiger partial charge in [0.15, 0.2) is 5.60 Å². The second kappa shape index (κ2) is 9.55. The number of nitriles is 1. The minimum Gasteiger partial charge on any atom is -0.372 e. The van der Waals surface area contributed by atoms with Crippen LogP contribution in [0, 0.1) is 29.1 Å². The molecular formula is C30H32N4O4. The Morgan fingerprint density at radius 2 is 1.76 bits per heavy atom. The Labute approximate surface area is 222 Å². The highest BCUT2D eigenvalue weighted by atomic mass is 16.3. The van der Waals surface area contributed by atoms with Gasteiger partial charge in [-0.3, -0.25) is 14.4 Å². The van der Waals surface area contributed by atoms with Gasteiger partial charge >= 0.3 is 0 Å². The van der Waals surface area contributed by atoms with Gasteiger partial charge < -0.3 is 20.6 Å². The minimum atomic E-state index is -1.89. The molecular weight excluding hydrogens is 480 g/mol.